The van der Waals surface area contributed by atoms with Gasteiger partial charge in [0.1, 0.15) is 0 Å². The molecule has 1 rings (SSSR count). The molecule has 0 spiro atoms. The van der Waals surface area contributed by atoms with E-state index in [2.05, 4.69) is 5.32 Å². The van der Waals surface area contributed by atoms with Crippen molar-refractivity contribution in [1.82, 2.24) is 5.32 Å². The van der Waals surface area contributed by atoms with Crippen LogP contribution in [0.2, 0.25) is 0 Å². The lowest BCUT2D eigenvalue weighted by Gasteiger charge is -2.23. The van der Waals surface area contributed by atoms with E-state index in [1.165, 1.54) is 0 Å². The fourth-order valence-electron chi connectivity index (χ4n) is 1.16. The van der Waals surface area contributed by atoms with Crippen molar-refractivity contribution in [1.29, 1.82) is 0 Å². The molecule has 1 heterocycles. The number of rotatable bonds is 4. The topological polar surface area (TPSA) is 30.5 Å². The second-order valence-electron chi connectivity index (χ2n) is 2.68. The van der Waals surface area contributed by atoms with E-state index < -0.39 is 0 Å². The highest BCUT2D eigenvalue weighted by atomic mass is 16.5. The van der Waals surface area contributed by atoms with Gasteiger partial charge in [0.05, 0.1) is 12.7 Å². The average molecular weight is 159 g/mol. The Morgan fingerprint density at radius 2 is 2.55 bits per heavy atom. The molecule has 0 aromatic heterocycles. The molecule has 1 saturated heterocycles. The molecule has 0 radical (unpaired) electrons. The van der Waals surface area contributed by atoms with Gasteiger partial charge in [-0.05, 0) is 13.3 Å². The van der Waals surface area contributed by atoms with E-state index in [0.717, 1.165) is 39.3 Å². The fourth-order valence-corrected chi connectivity index (χ4v) is 1.16. The second-order valence-corrected chi connectivity index (χ2v) is 2.68. The molecule has 3 nitrogen and oxygen atoms in total. The zero-order chi connectivity index (χ0) is 7.94. The maximum absolute atomic E-state index is 5.48. The molecule has 0 saturated carbocycles. The minimum atomic E-state index is 0.371. The quantitative estimate of drug-likeness (QED) is 0.602. The minimum Gasteiger partial charge on any atom is -0.382 e. The van der Waals surface area contributed by atoms with E-state index in [1.807, 2.05) is 6.92 Å². The van der Waals surface area contributed by atoms with Crippen molar-refractivity contribution in [3.05, 3.63) is 0 Å². The van der Waals surface area contributed by atoms with Gasteiger partial charge in [0.25, 0.3) is 0 Å². The van der Waals surface area contributed by atoms with E-state index >= 15 is 0 Å². The van der Waals surface area contributed by atoms with E-state index in [-0.39, 0.29) is 0 Å². The van der Waals surface area contributed by atoms with Gasteiger partial charge in [0, 0.05) is 26.3 Å². The Hall–Kier alpha value is -0.120. The molecule has 1 unspecified atom stereocenters. The molecule has 0 aromatic rings. The molecule has 1 N–H and O–H groups in total. The van der Waals surface area contributed by atoms with E-state index in [9.17, 15) is 0 Å². The maximum Gasteiger partial charge on any atom is 0.0722 e. The van der Waals surface area contributed by atoms with Crippen LogP contribution in [0.15, 0.2) is 0 Å². The maximum atomic E-state index is 5.48. The summed E-state index contributed by atoms with van der Waals surface area (Å²) >= 11 is 0. The summed E-state index contributed by atoms with van der Waals surface area (Å²) in [5.41, 5.74) is 0. The summed E-state index contributed by atoms with van der Waals surface area (Å²) in [4.78, 5) is 0. The molecule has 1 aliphatic rings. The van der Waals surface area contributed by atoms with Crippen molar-refractivity contribution in [2.75, 3.05) is 32.9 Å². The standard InChI is InChI=1S/C8H17NO2/c1-2-10-5-3-8-7-9-4-6-11-8/h8-9H,2-7H2,1H3. The number of hydrogen-bond acceptors (Lipinski definition) is 3. The van der Waals surface area contributed by atoms with Crippen molar-refractivity contribution in [3.8, 4) is 0 Å². The molecule has 3 heteroatoms. The first-order valence-corrected chi connectivity index (χ1v) is 4.33. The highest BCUT2D eigenvalue weighted by Crippen LogP contribution is 2.00. The van der Waals surface area contributed by atoms with Crippen LogP contribution in [0.25, 0.3) is 0 Å². The summed E-state index contributed by atoms with van der Waals surface area (Å²) in [5, 5.41) is 3.28. The zero-order valence-corrected chi connectivity index (χ0v) is 7.14. The SMILES string of the molecule is CCOCCC1CNCCO1. The van der Waals surface area contributed by atoms with Gasteiger partial charge in [-0.15, -0.1) is 0 Å². The molecule has 1 fully saturated rings. The third kappa shape index (κ3) is 3.70. The number of nitrogens with one attached hydrogen (secondary N) is 1. The normalized spacial score (nSPS) is 25.4. The third-order valence-corrected chi connectivity index (χ3v) is 1.79. The molecular formula is C8H17NO2. The first-order chi connectivity index (χ1) is 5.43. The van der Waals surface area contributed by atoms with Crippen molar-refractivity contribution < 1.29 is 9.47 Å². The highest BCUT2D eigenvalue weighted by molar-refractivity contribution is 4.66. The molecule has 0 aliphatic carbocycles. The second kappa shape index (κ2) is 5.52. The lowest BCUT2D eigenvalue weighted by atomic mass is 10.2. The number of hydrogen-bond donors (Lipinski definition) is 1. The van der Waals surface area contributed by atoms with Crippen LogP contribution < -0.4 is 5.32 Å². The summed E-state index contributed by atoms with van der Waals surface area (Å²) in [6.45, 7) is 6.46. The van der Waals surface area contributed by atoms with Crippen molar-refractivity contribution in [3.63, 3.8) is 0 Å². The van der Waals surface area contributed by atoms with Crippen LogP contribution in [0.5, 0.6) is 0 Å². The monoisotopic (exact) mass is 159 g/mol. The Kier molecular flexibility index (Phi) is 4.50. The molecule has 1 aliphatic heterocycles. The smallest absolute Gasteiger partial charge is 0.0722 e. The predicted molar refractivity (Wildman–Crippen MR) is 43.7 cm³/mol. The molecule has 11 heavy (non-hydrogen) atoms. The van der Waals surface area contributed by atoms with Crippen LogP contribution in [0, 0.1) is 0 Å². The largest absolute Gasteiger partial charge is 0.382 e. The van der Waals surface area contributed by atoms with Crippen molar-refractivity contribution >= 4 is 0 Å². The molecule has 0 bridgehead atoms. The van der Waals surface area contributed by atoms with E-state index in [0.29, 0.717) is 6.10 Å². The van der Waals surface area contributed by atoms with Gasteiger partial charge in [-0.25, -0.2) is 0 Å². The van der Waals surface area contributed by atoms with E-state index in [4.69, 9.17) is 9.47 Å². The van der Waals surface area contributed by atoms with Crippen LogP contribution in [-0.4, -0.2) is 39.0 Å². The van der Waals surface area contributed by atoms with Gasteiger partial charge < -0.3 is 14.8 Å². The van der Waals surface area contributed by atoms with Gasteiger partial charge in [-0.1, -0.05) is 0 Å². The van der Waals surface area contributed by atoms with Crippen LogP contribution in [0.3, 0.4) is 0 Å². The molecule has 66 valence electrons. The number of morpholine rings is 1. The minimum absolute atomic E-state index is 0.371. The third-order valence-electron chi connectivity index (χ3n) is 1.79. The summed E-state index contributed by atoms with van der Waals surface area (Å²) in [7, 11) is 0. The Morgan fingerprint density at radius 3 is 3.18 bits per heavy atom. The number of ether oxygens (including phenoxy) is 2. The molecular weight excluding hydrogens is 142 g/mol. The average Bonchev–Trinajstić information content (AvgIpc) is 2.07. The Morgan fingerprint density at radius 1 is 1.64 bits per heavy atom. The zero-order valence-electron chi connectivity index (χ0n) is 7.14. The van der Waals surface area contributed by atoms with Gasteiger partial charge in [0.2, 0.25) is 0 Å². The van der Waals surface area contributed by atoms with Gasteiger partial charge in [-0.3, -0.25) is 0 Å². The lowest BCUT2D eigenvalue weighted by Crippen LogP contribution is -2.39. The summed E-state index contributed by atoms with van der Waals surface area (Å²) < 4.78 is 10.7. The van der Waals surface area contributed by atoms with E-state index in [1.54, 1.807) is 0 Å². The fraction of sp³-hybridized carbons (Fsp3) is 1.00. The first-order valence-electron chi connectivity index (χ1n) is 4.33. The van der Waals surface area contributed by atoms with Crippen LogP contribution >= 0.6 is 0 Å². The van der Waals surface area contributed by atoms with Crippen molar-refractivity contribution in [2.45, 2.75) is 19.4 Å². The highest BCUT2D eigenvalue weighted by Gasteiger charge is 2.11. The van der Waals surface area contributed by atoms with Crippen molar-refractivity contribution in [2.24, 2.45) is 0 Å². The molecule has 0 aromatic carbocycles. The van der Waals surface area contributed by atoms with Crippen LogP contribution in [0.1, 0.15) is 13.3 Å². The summed E-state index contributed by atoms with van der Waals surface area (Å²) in [6.07, 6.45) is 1.39. The first kappa shape index (κ1) is 8.97. The lowest BCUT2D eigenvalue weighted by molar-refractivity contribution is 0.00435. The Labute approximate surface area is 68.1 Å². The predicted octanol–water partition coefficient (Wildman–Crippen LogP) is 0.401. The molecule has 0 amide bonds. The van der Waals surface area contributed by atoms with Crippen LogP contribution in [-0.2, 0) is 9.47 Å². The van der Waals surface area contributed by atoms with Gasteiger partial charge in [0.15, 0.2) is 0 Å². The summed E-state index contributed by atoms with van der Waals surface area (Å²) in [6, 6.07) is 0. The Balaban J connectivity index is 1.96. The van der Waals surface area contributed by atoms with Gasteiger partial charge >= 0.3 is 0 Å². The molecule has 1 atom stereocenters. The Bertz CT molecular complexity index is 92.1. The summed E-state index contributed by atoms with van der Waals surface area (Å²) in [5.74, 6) is 0. The van der Waals surface area contributed by atoms with Gasteiger partial charge in [-0.2, -0.15) is 0 Å². The van der Waals surface area contributed by atoms with Crippen LogP contribution in [0.4, 0.5) is 0 Å².